The lowest BCUT2D eigenvalue weighted by Gasteiger charge is -1.93. The van der Waals surface area contributed by atoms with Crippen LogP contribution >= 0.6 is 33.9 Å². The highest BCUT2D eigenvalue weighted by atomic mass is 127. The molecule has 2 rings (SSSR count). The minimum Gasteiger partial charge on any atom is -0.235 e. The molecule has 0 atom stereocenters. The van der Waals surface area contributed by atoms with E-state index >= 15 is 0 Å². The Morgan fingerprint density at radius 1 is 1.46 bits per heavy atom. The van der Waals surface area contributed by atoms with Crippen LogP contribution in [0.4, 0.5) is 0 Å². The summed E-state index contributed by atoms with van der Waals surface area (Å²) in [5.74, 6) is 0.497. The Hall–Kier alpha value is -0.230. The lowest BCUT2D eigenvalue weighted by Crippen LogP contribution is -1.84. The molecule has 0 aliphatic rings. The van der Waals surface area contributed by atoms with Crippen molar-refractivity contribution in [3.63, 3.8) is 0 Å². The van der Waals surface area contributed by atoms with Gasteiger partial charge in [0.25, 0.3) is 0 Å². The van der Waals surface area contributed by atoms with Crippen molar-refractivity contribution >= 4 is 44.3 Å². The van der Waals surface area contributed by atoms with Crippen LogP contribution in [-0.2, 0) is 0 Å². The molecular weight excluding hydrogens is 295 g/mol. The maximum absolute atomic E-state index is 4.46. The van der Waals surface area contributed by atoms with Gasteiger partial charge in [-0.3, -0.25) is 0 Å². The van der Waals surface area contributed by atoms with Crippen LogP contribution in [0.25, 0.3) is 10.3 Å². The first kappa shape index (κ1) is 9.33. The summed E-state index contributed by atoms with van der Waals surface area (Å²) < 4.78 is 2.36. The SMILES string of the molecule is CC(C)c1nc2ncc(I)cc2s1. The molecule has 0 aromatic carbocycles. The van der Waals surface area contributed by atoms with Gasteiger partial charge in [0.2, 0.25) is 0 Å². The van der Waals surface area contributed by atoms with Gasteiger partial charge in [-0.25, -0.2) is 9.97 Å². The molecule has 2 heterocycles. The summed E-state index contributed by atoms with van der Waals surface area (Å²) in [6, 6.07) is 2.13. The standard InChI is InChI=1S/C9H9IN2S/c1-5(2)9-12-8-7(13-9)3-6(10)4-11-8/h3-5H,1-2H3. The Labute approximate surface area is 94.5 Å². The summed E-state index contributed by atoms with van der Waals surface area (Å²) in [6.45, 7) is 4.31. The number of aromatic nitrogens is 2. The molecule has 13 heavy (non-hydrogen) atoms. The fourth-order valence-corrected chi connectivity index (χ4v) is 2.69. The molecular formula is C9H9IN2S. The number of halogens is 1. The van der Waals surface area contributed by atoms with E-state index in [0.717, 1.165) is 5.65 Å². The second-order valence-electron chi connectivity index (χ2n) is 3.18. The van der Waals surface area contributed by atoms with Gasteiger partial charge in [-0.1, -0.05) is 13.8 Å². The summed E-state index contributed by atoms with van der Waals surface area (Å²) in [5, 5.41) is 1.17. The molecule has 0 amide bonds. The number of thiazole rings is 1. The highest BCUT2D eigenvalue weighted by Crippen LogP contribution is 2.26. The summed E-state index contributed by atoms with van der Waals surface area (Å²) in [5.41, 5.74) is 0.883. The Bertz CT molecular complexity index is 436. The van der Waals surface area contributed by atoms with E-state index in [2.05, 4.69) is 52.5 Å². The zero-order valence-corrected chi connectivity index (χ0v) is 10.4. The molecule has 0 aliphatic heterocycles. The first-order valence-corrected chi connectivity index (χ1v) is 5.98. The second kappa shape index (κ2) is 3.49. The van der Waals surface area contributed by atoms with Gasteiger partial charge in [0.1, 0.15) is 0 Å². The molecule has 0 bridgehead atoms. The first-order valence-electron chi connectivity index (χ1n) is 4.09. The minimum atomic E-state index is 0.497. The Kier molecular flexibility index (Phi) is 2.51. The highest BCUT2D eigenvalue weighted by molar-refractivity contribution is 14.1. The maximum atomic E-state index is 4.46. The van der Waals surface area contributed by atoms with E-state index in [4.69, 9.17) is 0 Å². The first-order chi connectivity index (χ1) is 6.16. The number of rotatable bonds is 1. The minimum absolute atomic E-state index is 0.497. The van der Waals surface area contributed by atoms with Crippen molar-refractivity contribution in [3.8, 4) is 0 Å². The predicted molar refractivity (Wildman–Crippen MR) is 64.2 cm³/mol. The molecule has 2 aromatic rings. The summed E-state index contributed by atoms with van der Waals surface area (Å²) in [4.78, 5) is 8.73. The number of hydrogen-bond acceptors (Lipinski definition) is 3. The average molecular weight is 304 g/mol. The smallest absolute Gasteiger partial charge is 0.170 e. The van der Waals surface area contributed by atoms with E-state index in [1.807, 2.05) is 6.20 Å². The van der Waals surface area contributed by atoms with Gasteiger partial charge < -0.3 is 0 Å². The van der Waals surface area contributed by atoms with Crippen LogP contribution in [0.1, 0.15) is 24.8 Å². The van der Waals surface area contributed by atoms with Crippen molar-refractivity contribution in [3.05, 3.63) is 20.8 Å². The Morgan fingerprint density at radius 3 is 2.92 bits per heavy atom. The summed E-state index contributed by atoms with van der Waals surface area (Å²) in [7, 11) is 0. The third-order valence-electron chi connectivity index (χ3n) is 1.72. The van der Waals surface area contributed by atoms with Crippen LogP contribution in [0.15, 0.2) is 12.3 Å². The molecule has 0 spiro atoms. The van der Waals surface area contributed by atoms with E-state index in [1.54, 1.807) is 11.3 Å². The van der Waals surface area contributed by atoms with E-state index < -0.39 is 0 Å². The molecule has 0 radical (unpaired) electrons. The molecule has 2 nitrogen and oxygen atoms in total. The molecule has 0 saturated heterocycles. The van der Waals surface area contributed by atoms with Gasteiger partial charge in [-0.05, 0) is 28.7 Å². The van der Waals surface area contributed by atoms with Crippen LogP contribution in [0, 0.1) is 3.57 Å². The van der Waals surface area contributed by atoms with Crippen molar-refractivity contribution in [2.45, 2.75) is 19.8 Å². The zero-order chi connectivity index (χ0) is 9.42. The number of pyridine rings is 1. The quantitative estimate of drug-likeness (QED) is 0.755. The van der Waals surface area contributed by atoms with Crippen molar-refractivity contribution in [1.82, 2.24) is 9.97 Å². The van der Waals surface area contributed by atoms with Crippen molar-refractivity contribution < 1.29 is 0 Å². The third-order valence-corrected chi connectivity index (χ3v) is 3.61. The van der Waals surface area contributed by atoms with Crippen LogP contribution in [-0.4, -0.2) is 9.97 Å². The Balaban J connectivity index is 2.62. The Morgan fingerprint density at radius 2 is 2.23 bits per heavy atom. The van der Waals surface area contributed by atoms with Gasteiger partial charge >= 0.3 is 0 Å². The van der Waals surface area contributed by atoms with Gasteiger partial charge in [-0.15, -0.1) is 11.3 Å². The molecule has 0 saturated carbocycles. The largest absolute Gasteiger partial charge is 0.235 e. The molecule has 68 valence electrons. The maximum Gasteiger partial charge on any atom is 0.170 e. The summed E-state index contributed by atoms with van der Waals surface area (Å²) in [6.07, 6.45) is 1.85. The van der Waals surface area contributed by atoms with Gasteiger partial charge in [-0.2, -0.15) is 0 Å². The van der Waals surface area contributed by atoms with Gasteiger partial charge in [0.15, 0.2) is 5.65 Å². The second-order valence-corrected chi connectivity index (χ2v) is 5.49. The van der Waals surface area contributed by atoms with Crippen LogP contribution < -0.4 is 0 Å². The van der Waals surface area contributed by atoms with Gasteiger partial charge in [0.05, 0.1) is 9.71 Å². The van der Waals surface area contributed by atoms with Crippen molar-refractivity contribution in [2.24, 2.45) is 0 Å². The lowest BCUT2D eigenvalue weighted by molar-refractivity contribution is 0.855. The fourth-order valence-electron chi connectivity index (χ4n) is 1.06. The zero-order valence-electron chi connectivity index (χ0n) is 7.41. The monoisotopic (exact) mass is 304 g/mol. The van der Waals surface area contributed by atoms with E-state index in [0.29, 0.717) is 5.92 Å². The van der Waals surface area contributed by atoms with E-state index in [1.165, 1.54) is 13.3 Å². The van der Waals surface area contributed by atoms with E-state index in [-0.39, 0.29) is 0 Å². The molecule has 2 aromatic heterocycles. The van der Waals surface area contributed by atoms with E-state index in [9.17, 15) is 0 Å². The summed E-state index contributed by atoms with van der Waals surface area (Å²) >= 11 is 4.01. The molecule has 0 fully saturated rings. The average Bonchev–Trinajstić information content (AvgIpc) is 2.46. The molecule has 4 heteroatoms. The molecule has 0 aliphatic carbocycles. The third kappa shape index (κ3) is 1.83. The fraction of sp³-hybridized carbons (Fsp3) is 0.333. The number of hydrogen-bond donors (Lipinski definition) is 0. The topological polar surface area (TPSA) is 25.8 Å². The molecule has 0 unspecified atom stereocenters. The van der Waals surface area contributed by atoms with Crippen LogP contribution in [0.3, 0.4) is 0 Å². The lowest BCUT2D eigenvalue weighted by atomic mass is 10.2. The molecule has 0 N–H and O–H groups in total. The predicted octanol–water partition coefficient (Wildman–Crippen LogP) is 3.42. The highest BCUT2D eigenvalue weighted by Gasteiger charge is 2.07. The van der Waals surface area contributed by atoms with Crippen LogP contribution in [0.2, 0.25) is 0 Å². The number of fused-ring (bicyclic) bond motifs is 1. The van der Waals surface area contributed by atoms with Gasteiger partial charge in [0, 0.05) is 15.7 Å². The normalized spacial score (nSPS) is 11.4. The number of nitrogens with zero attached hydrogens (tertiary/aromatic N) is 2. The van der Waals surface area contributed by atoms with Crippen LogP contribution in [0.5, 0.6) is 0 Å². The van der Waals surface area contributed by atoms with Crippen molar-refractivity contribution in [1.29, 1.82) is 0 Å². The van der Waals surface area contributed by atoms with Crippen molar-refractivity contribution in [2.75, 3.05) is 0 Å².